The predicted octanol–water partition coefficient (Wildman–Crippen LogP) is 0.827. The van der Waals surface area contributed by atoms with E-state index in [1.807, 2.05) is 0 Å². The largest absolute Gasteiger partial charge is 0.440 e. The number of nitrogens with one attached hydrogen (secondary N) is 1. The smallest absolute Gasteiger partial charge is 0.415 e. The van der Waals surface area contributed by atoms with Crippen molar-refractivity contribution in [1.29, 1.82) is 0 Å². The Morgan fingerprint density at radius 1 is 1.27 bits per heavy atom. The van der Waals surface area contributed by atoms with Crippen molar-refractivity contribution in [1.82, 2.24) is 10.2 Å². The van der Waals surface area contributed by atoms with E-state index < -0.39 is 12.2 Å². The van der Waals surface area contributed by atoms with E-state index in [0.29, 0.717) is 17.8 Å². The van der Waals surface area contributed by atoms with Crippen molar-refractivity contribution in [3.05, 3.63) is 29.8 Å². The summed E-state index contributed by atoms with van der Waals surface area (Å²) in [5, 5.41) is 12.1. The number of hydrogen-bond donors (Lipinski definition) is 2. The van der Waals surface area contributed by atoms with Crippen LogP contribution in [0.1, 0.15) is 10.4 Å². The zero-order chi connectivity index (χ0) is 18.5. The normalized spacial score (nSPS) is 23.8. The first-order chi connectivity index (χ1) is 12.6. The van der Waals surface area contributed by atoms with Gasteiger partial charge in [0.1, 0.15) is 4.05 Å². The first-order valence-electron chi connectivity index (χ1n) is 8.53. The van der Waals surface area contributed by atoms with E-state index in [2.05, 4.69) is 32.8 Å². The van der Waals surface area contributed by atoms with Crippen LogP contribution in [0.15, 0.2) is 24.3 Å². The molecule has 0 aromatic heterocycles. The molecule has 0 spiro atoms. The van der Waals surface area contributed by atoms with E-state index in [1.165, 1.54) is 4.90 Å². The zero-order valence-corrected chi connectivity index (χ0v) is 16.4. The van der Waals surface area contributed by atoms with Gasteiger partial charge in [0.05, 0.1) is 19.8 Å². The molecule has 2 amide bonds. The van der Waals surface area contributed by atoms with Crippen LogP contribution < -0.4 is 10.2 Å². The summed E-state index contributed by atoms with van der Waals surface area (Å²) < 4.78 is 10.1. The molecule has 2 N–H and O–H groups in total. The number of carbonyl (C=O) groups is 2. The Morgan fingerprint density at radius 3 is 2.58 bits per heavy atom. The molecular formula is C17H22IN3O5. The van der Waals surface area contributed by atoms with Crippen molar-refractivity contribution in [3.8, 4) is 0 Å². The molecule has 26 heavy (non-hydrogen) atoms. The molecule has 1 unspecified atom stereocenters. The first kappa shape index (κ1) is 19.3. The highest BCUT2D eigenvalue weighted by atomic mass is 127. The van der Waals surface area contributed by atoms with Gasteiger partial charge in [0.25, 0.3) is 5.91 Å². The summed E-state index contributed by atoms with van der Waals surface area (Å²) in [6, 6.07) is 6.79. The molecule has 1 aromatic rings. The van der Waals surface area contributed by atoms with Gasteiger partial charge in [-0.3, -0.25) is 14.6 Å². The molecule has 2 saturated heterocycles. The lowest BCUT2D eigenvalue weighted by molar-refractivity contribution is 0.0383. The lowest BCUT2D eigenvalue weighted by atomic mass is 10.2. The summed E-state index contributed by atoms with van der Waals surface area (Å²) in [5.41, 5.74) is 1.17. The minimum atomic E-state index is -0.550. The fourth-order valence-corrected chi connectivity index (χ4v) is 3.83. The molecule has 0 radical (unpaired) electrons. The van der Waals surface area contributed by atoms with Crippen molar-refractivity contribution < 1.29 is 24.2 Å². The summed E-state index contributed by atoms with van der Waals surface area (Å²) >= 11 is 2.06. The van der Waals surface area contributed by atoms with E-state index in [4.69, 9.17) is 9.47 Å². The fourth-order valence-electron chi connectivity index (χ4n) is 2.91. The van der Waals surface area contributed by atoms with Gasteiger partial charge in [0.15, 0.2) is 6.10 Å². The summed E-state index contributed by atoms with van der Waals surface area (Å²) in [6.07, 6.45) is -1.04. The Bertz CT molecular complexity index is 636. The predicted molar refractivity (Wildman–Crippen MR) is 104 cm³/mol. The van der Waals surface area contributed by atoms with Gasteiger partial charge in [0.2, 0.25) is 0 Å². The second kappa shape index (κ2) is 8.98. The minimum Gasteiger partial charge on any atom is -0.440 e. The van der Waals surface area contributed by atoms with Crippen LogP contribution in [0.25, 0.3) is 0 Å². The third-order valence-electron chi connectivity index (χ3n) is 4.41. The number of nitrogens with zero attached hydrogens (tertiary/aromatic N) is 2. The topological polar surface area (TPSA) is 91.3 Å². The quantitative estimate of drug-likeness (QED) is 0.360. The maximum absolute atomic E-state index is 12.3. The molecule has 0 aliphatic carbocycles. The number of halogens is 1. The fraction of sp³-hybridized carbons (Fsp3) is 0.529. The van der Waals surface area contributed by atoms with Gasteiger partial charge in [-0.2, -0.15) is 0 Å². The Labute approximate surface area is 165 Å². The van der Waals surface area contributed by atoms with Gasteiger partial charge in [-0.15, -0.1) is 0 Å². The third-order valence-corrected chi connectivity index (χ3v) is 5.77. The molecule has 2 heterocycles. The summed E-state index contributed by atoms with van der Waals surface area (Å²) in [5.74, 6) is -0.145. The Morgan fingerprint density at radius 2 is 1.96 bits per heavy atom. The highest BCUT2D eigenvalue weighted by molar-refractivity contribution is 14.1. The van der Waals surface area contributed by atoms with Crippen LogP contribution in [0.5, 0.6) is 0 Å². The van der Waals surface area contributed by atoms with Crippen LogP contribution in [-0.4, -0.2) is 78.2 Å². The molecule has 0 bridgehead atoms. The van der Waals surface area contributed by atoms with Gasteiger partial charge in [0, 0.05) is 37.4 Å². The number of aliphatic hydroxyl groups is 1. The number of hydrogen-bond acceptors (Lipinski definition) is 6. The van der Waals surface area contributed by atoms with Gasteiger partial charge < -0.3 is 19.9 Å². The maximum Gasteiger partial charge on any atom is 0.415 e. The number of aliphatic hydroxyl groups excluding tert-OH is 1. The number of alkyl halides is 1. The Balaban J connectivity index is 1.53. The van der Waals surface area contributed by atoms with Crippen LogP contribution in [-0.2, 0) is 9.47 Å². The number of ether oxygens (including phenoxy) is 2. The van der Waals surface area contributed by atoms with Crippen molar-refractivity contribution in [3.63, 3.8) is 0 Å². The number of amides is 2. The van der Waals surface area contributed by atoms with Crippen LogP contribution >= 0.6 is 22.6 Å². The van der Waals surface area contributed by atoms with Gasteiger partial charge in [-0.05, 0) is 24.3 Å². The van der Waals surface area contributed by atoms with Gasteiger partial charge in [-0.1, -0.05) is 22.6 Å². The minimum absolute atomic E-state index is 0.145. The molecule has 8 nitrogen and oxygen atoms in total. The third kappa shape index (κ3) is 4.45. The number of rotatable bonds is 6. The van der Waals surface area contributed by atoms with Crippen molar-refractivity contribution in [2.75, 3.05) is 50.9 Å². The molecule has 2 aliphatic heterocycles. The number of anilines is 1. The van der Waals surface area contributed by atoms with Crippen molar-refractivity contribution >= 4 is 40.3 Å². The van der Waals surface area contributed by atoms with Crippen LogP contribution in [0.2, 0.25) is 0 Å². The Hall–Kier alpha value is -1.43. The van der Waals surface area contributed by atoms with Gasteiger partial charge >= 0.3 is 6.09 Å². The van der Waals surface area contributed by atoms with E-state index in [9.17, 15) is 14.7 Å². The molecule has 2 atom stereocenters. The number of benzene rings is 1. The highest BCUT2D eigenvalue weighted by Gasteiger charge is 2.40. The van der Waals surface area contributed by atoms with E-state index in [0.717, 1.165) is 32.8 Å². The van der Waals surface area contributed by atoms with Crippen molar-refractivity contribution in [2.45, 2.75) is 10.2 Å². The highest BCUT2D eigenvalue weighted by Crippen LogP contribution is 2.30. The molecular weight excluding hydrogens is 453 g/mol. The summed E-state index contributed by atoms with van der Waals surface area (Å²) in [7, 11) is 0. The average molecular weight is 475 g/mol. The number of cyclic esters (lactones) is 1. The molecule has 2 aliphatic rings. The molecule has 0 saturated carbocycles. The lowest BCUT2D eigenvalue weighted by Gasteiger charge is -2.26. The van der Waals surface area contributed by atoms with Crippen LogP contribution in [0, 0.1) is 0 Å². The van der Waals surface area contributed by atoms with E-state index >= 15 is 0 Å². The number of morpholine rings is 1. The Kier molecular flexibility index (Phi) is 6.68. The van der Waals surface area contributed by atoms with Gasteiger partial charge in [-0.25, -0.2) is 4.79 Å². The van der Waals surface area contributed by atoms with Crippen LogP contribution in [0.4, 0.5) is 10.5 Å². The van der Waals surface area contributed by atoms with Crippen molar-refractivity contribution in [2.24, 2.45) is 0 Å². The number of carbonyl (C=O) groups excluding carboxylic acids is 2. The molecule has 1 aromatic carbocycles. The second-order valence-electron chi connectivity index (χ2n) is 6.10. The molecule has 9 heteroatoms. The lowest BCUT2D eigenvalue weighted by Crippen LogP contribution is -2.41. The van der Waals surface area contributed by atoms with E-state index in [1.54, 1.807) is 24.3 Å². The maximum atomic E-state index is 12.3. The monoisotopic (exact) mass is 475 g/mol. The first-order valence-corrected chi connectivity index (χ1v) is 9.78. The summed E-state index contributed by atoms with van der Waals surface area (Å²) in [6.45, 7) is 4.41. The molecule has 3 rings (SSSR count). The van der Waals surface area contributed by atoms with E-state index in [-0.39, 0.29) is 16.6 Å². The average Bonchev–Trinajstić information content (AvgIpc) is 2.96. The zero-order valence-electron chi connectivity index (χ0n) is 14.3. The summed E-state index contributed by atoms with van der Waals surface area (Å²) in [4.78, 5) is 27.9. The standard InChI is InChI=1S/C17H22IN3O5/c18-15-14(11-22)26-17(24)21(15)13-3-1-12(2-4-13)16(23)19-5-6-20-7-9-25-10-8-20/h1-4,14-15,22H,5-11H2,(H,19,23)/t14?,15-/m0/s1. The molecule has 142 valence electrons. The van der Waals surface area contributed by atoms with Crippen LogP contribution in [0.3, 0.4) is 0 Å². The second-order valence-corrected chi connectivity index (χ2v) is 7.38. The SMILES string of the molecule is O=C(NCCN1CCOCC1)c1ccc(N2C(=O)OC(CO)[C@H]2I)cc1. The molecule has 2 fully saturated rings.